The van der Waals surface area contributed by atoms with E-state index >= 15 is 0 Å². The molecule has 0 aliphatic carbocycles. The third-order valence-electron chi connectivity index (χ3n) is 3.28. The molecule has 4 nitrogen and oxygen atoms in total. The first-order chi connectivity index (χ1) is 12.1. The minimum absolute atomic E-state index is 0.229. The lowest BCUT2D eigenvalue weighted by Crippen LogP contribution is -2.23. The molecule has 0 heterocycles. The summed E-state index contributed by atoms with van der Waals surface area (Å²) in [5.41, 5.74) is 0.528. The van der Waals surface area contributed by atoms with Gasteiger partial charge in [0.25, 0.3) is 0 Å². The van der Waals surface area contributed by atoms with Crippen LogP contribution < -0.4 is 4.74 Å². The molecule has 0 bridgehead atoms. The maximum Gasteiger partial charge on any atom is 0.522 e. The zero-order valence-corrected chi connectivity index (χ0v) is 15.5. The maximum absolute atomic E-state index is 11.8. The van der Waals surface area contributed by atoms with Crippen molar-refractivity contribution in [1.82, 2.24) is 0 Å². The third kappa shape index (κ3) is 11.7. The molecule has 26 heavy (non-hydrogen) atoms. The Hall–Kier alpha value is -1.76. The topological polar surface area (TPSA) is 44.8 Å². The summed E-state index contributed by atoms with van der Waals surface area (Å²) in [4.78, 5) is 11.7. The molecule has 148 valence electrons. The highest BCUT2D eigenvalue weighted by molar-refractivity contribution is 5.70. The summed E-state index contributed by atoms with van der Waals surface area (Å²) in [6, 6.07) is 7.40. The van der Waals surface area contributed by atoms with Crippen LogP contribution in [0.2, 0.25) is 0 Å². The first kappa shape index (κ1) is 22.3. The van der Waals surface area contributed by atoms with Crippen LogP contribution in [-0.4, -0.2) is 31.1 Å². The molecule has 0 aliphatic heterocycles. The van der Waals surface area contributed by atoms with Crippen molar-refractivity contribution in [2.45, 2.75) is 64.8 Å². The molecule has 0 amide bonds. The van der Waals surface area contributed by atoms with Gasteiger partial charge in [0, 0.05) is 6.42 Å². The summed E-state index contributed by atoms with van der Waals surface area (Å²) >= 11 is 0. The van der Waals surface area contributed by atoms with E-state index in [2.05, 4.69) is 4.74 Å². The Morgan fingerprint density at radius 2 is 1.58 bits per heavy atom. The Morgan fingerprint density at radius 3 is 2.15 bits per heavy atom. The SMILES string of the molecule is CC(C)(C)OC(=O)CCc1ccc(OCCCCCOC(F)(F)F)cc1. The van der Waals surface area contributed by atoms with Gasteiger partial charge in [0.15, 0.2) is 0 Å². The first-order valence-corrected chi connectivity index (χ1v) is 8.69. The molecule has 0 unspecified atom stereocenters. The largest absolute Gasteiger partial charge is 0.522 e. The van der Waals surface area contributed by atoms with Gasteiger partial charge in [0.05, 0.1) is 13.2 Å². The minimum Gasteiger partial charge on any atom is -0.494 e. The highest BCUT2D eigenvalue weighted by Gasteiger charge is 2.28. The normalized spacial score (nSPS) is 12.1. The molecule has 0 spiro atoms. The van der Waals surface area contributed by atoms with Crippen molar-refractivity contribution in [2.24, 2.45) is 0 Å². The minimum atomic E-state index is -4.55. The van der Waals surface area contributed by atoms with Gasteiger partial charge in [0.2, 0.25) is 0 Å². The zero-order chi connectivity index (χ0) is 19.6. The number of rotatable bonds is 10. The van der Waals surface area contributed by atoms with Crippen LogP contribution in [0.3, 0.4) is 0 Å². The standard InChI is InChI=1S/C19H27F3O4/c1-18(2,3)26-17(23)12-9-15-7-10-16(11-8-15)24-13-5-4-6-14-25-19(20,21)22/h7-8,10-11H,4-6,9,12-14H2,1-3H3. The number of alkyl halides is 3. The Balaban J connectivity index is 2.18. The van der Waals surface area contributed by atoms with E-state index in [-0.39, 0.29) is 12.6 Å². The number of esters is 1. The van der Waals surface area contributed by atoms with E-state index in [1.165, 1.54) is 0 Å². The van der Waals surface area contributed by atoms with Crippen LogP contribution in [0.25, 0.3) is 0 Å². The van der Waals surface area contributed by atoms with Crippen molar-refractivity contribution in [3.05, 3.63) is 29.8 Å². The van der Waals surface area contributed by atoms with Gasteiger partial charge in [-0.25, -0.2) is 0 Å². The second-order valence-corrected chi connectivity index (χ2v) is 6.93. The van der Waals surface area contributed by atoms with Crippen molar-refractivity contribution in [1.29, 1.82) is 0 Å². The molecule has 7 heteroatoms. The molecule has 0 fully saturated rings. The molecular formula is C19H27F3O4. The molecule has 1 aromatic carbocycles. The summed E-state index contributed by atoms with van der Waals surface area (Å²) in [5, 5.41) is 0. The van der Waals surface area contributed by atoms with E-state index in [0.29, 0.717) is 44.5 Å². The number of hydrogen-bond donors (Lipinski definition) is 0. The lowest BCUT2D eigenvalue weighted by atomic mass is 10.1. The second kappa shape index (κ2) is 10.4. The van der Waals surface area contributed by atoms with Crippen LogP contribution in [0.5, 0.6) is 5.75 Å². The summed E-state index contributed by atoms with van der Waals surface area (Å²) in [5.74, 6) is 0.463. The van der Waals surface area contributed by atoms with Gasteiger partial charge in [0.1, 0.15) is 11.4 Å². The number of unbranched alkanes of at least 4 members (excludes halogenated alkanes) is 2. The second-order valence-electron chi connectivity index (χ2n) is 6.93. The molecule has 0 atom stereocenters. The summed E-state index contributed by atoms with van der Waals surface area (Å²) in [7, 11) is 0. The van der Waals surface area contributed by atoms with Crippen LogP contribution in [0.1, 0.15) is 52.0 Å². The van der Waals surface area contributed by atoms with Gasteiger partial charge >= 0.3 is 12.3 Å². The molecule has 0 aliphatic rings. The van der Waals surface area contributed by atoms with Gasteiger partial charge in [-0.2, -0.15) is 0 Å². The van der Waals surface area contributed by atoms with E-state index in [4.69, 9.17) is 9.47 Å². The van der Waals surface area contributed by atoms with Gasteiger partial charge in [-0.3, -0.25) is 9.53 Å². The highest BCUT2D eigenvalue weighted by Crippen LogP contribution is 2.17. The summed E-state index contributed by atoms with van der Waals surface area (Å²) in [6.07, 6.45) is -2.05. The third-order valence-corrected chi connectivity index (χ3v) is 3.28. The van der Waals surface area contributed by atoms with Crippen LogP contribution in [0, 0.1) is 0 Å². The van der Waals surface area contributed by atoms with Crippen molar-refractivity contribution in [3.63, 3.8) is 0 Å². The molecular weight excluding hydrogens is 349 g/mol. The highest BCUT2D eigenvalue weighted by atomic mass is 19.4. The van der Waals surface area contributed by atoms with Crippen molar-refractivity contribution in [3.8, 4) is 5.75 Å². The number of aryl methyl sites for hydroxylation is 1. The number of carbonyl (C=O) groups is 1. The monoisotopic (exact) mass is 376 g/mol. The number of hydrogen-bond acceptors (Lipinski definition) is 4. The molecule has 0 N–H and O–H groups in total. The summed E-state index contributed by atoms with van der Waals surface area (Å²) < 4.78 is 49.9. The van der Waals surface area contributed by atoms with Crippen LogP contribution in [0.4, 0.5) is 13.2 Å². The van der Waals surface area contributed by atoms with Crippen molar-refractivity contribution >= 4 is 5.97 Å². The lowest BCUT2D eigenvalue weighted by Gasteiger charge is -2.19. The van der Waals surface area contributed by atoms with E-state index in [1.54, 1.807) is 0 Å². The Morgan fingerprint density at radius 1 is 0.962 bits per heavy atom. The average molecular weight is 376 g/mol. The first-order valence-electron chi connectivity index (χ1n) is 8.69. The average Bonchev–Trinajstić information content (AvgIpc) is 2.50. The predicted molar refractivity (Wildman–Crippen MR) is 92.0 cm³/mol. The number of carbonyl (C=O) groups excluding carboxylic acids is 1. The maximum atomic E-state index is 11.8. The number of ether oxygens (including phenoxy) is 3. The quantitative estimate of drug-likeness (QED) is 0.424. The van der Waals surface area contributed by atoms with Crippen LogP contribution >= 0.6 is 0 Å². The van der Waals surface area contributed by atoms with Crippen molar-refractivity contribution < 1.29 is 32.2 Å². The Bertz CT molecular complexity index is 533. The van der Waals surface area contributed by atoms with Gasteiger partial charge in [-0.15, -0.1) is 13.2 Å². The van der Waals surface area contributed by atoms with Gasteiger partial charge in [-0.1, -0.05) is 12.1 Å². The fourth-order valence-electron chi connectivity index (χ4n) is 2.15. The molecule has 1 aromatic rings. The lowest BCUT2D eigenvalue weighted by molar-refractivity contribution is -0.324. The fraction of sp³-hybridized carbons (Fsp3) is 0.632. The zero-order valence-electron chi connectivity index (χ0n) is 15.5. The van der Waals surface area contributed by atoms with Crippen LogP contribution in [-0.2, 0) is 20.7 Å². The van der Waals surface area contributed by atoms with E-state index < -0.39 is 12.0 Å². The smallest absolute Gasteiger partial charge is 0.494 e. The molecule has 1 rings (SSSR count). The predicted octanol–water partition coefficient (Wildman–Crippen LogP) is 5.05. The van der Waals surface area contributed by atoms with Gasteiger partial charge in [-0.05, 0) is 64.2 Å². The van der Waals surface area contributed by atoms with Crippen molar-refractivity contribution in [2.75, 3.05) is 13.2 Å². The Labute approximate surface area is 152 Å². The van der Waals surface area contributed by atoms with E-state index in [1.807, 2.05) is 45.0 Å². The molecule has 0 saturated carbocycles. The molecule has 0 radical (unpaired) electrons. The number of halogens is 3. The summed E-state index contributed by atoms with van der Waals surface area (Å²) in [6.45, 7) is 5.61. The van der Waals surface area contributed by atoms with Crippen LogP contribution in [0.15, 0.2) is 24.3 Å². The van der Waals surface area contributed by atoms with Gasteiger partial charge < -0.3 is 9.47 Å². The van der Waals surface area contributed by atoms with E-state index in [0.717, 1.165) is 5.56 Å². The number of benzene rings is 1. The Kier molecular flexibility index (Phi) is 8.92. The molecule has 0 saturated heterocycles. The van der Waals surface area contributed by atoms with E-state index in [9.17, 15) is 18.0 Å². The fourth-order valence-corrected chi connectivity index (χ4v) is 2.15. The molecule has 0 aromatic heterocycles.